The molecule has 0 spiro atoms. The number of hydrogen-bond acceptors (Lipinski definition) is 4. The lowest BCUT2D eigenvalue weighted by atomic mass is 10.2. The Morgan fingerprint density at radius 1 is 1.43 bits per heavy atom. The molecule has 122 valence electrons. The molecule has 0 unspecified atom stereocenters. The summed E-state index contributed by atoms with van der Waals surface area (Å²) in [6, 6.07) is 6.11. The first-order valence-electron chi connectivity index (χ1n) is 6.94. The van der Waals surface area contributed by atoms with Crippen LogP contribution in [0.3, 0.4) is 0 Å². The largest absolute Gasteiger partial charge is 0.494 e. The monoisotopic (exact) mass is 354 g/mol. The van der Waals surface area contributed by atoms with Gasteiger partial charge in [0.25, 0.3) is 5.91 Å². The fraction of sp³-hybridized carbons (Fsp3) is 0.250. The molecule has 0 saturated carbocycles. The Hall–Kier alpha value is -1.79. The highest BCUT2D eigenvalue weighted by Gasteiger charge is 2.17. The van der Waals surface area contributed by atoms with E-state index in [9.17, 15) is 9.18 Å². The third-order valence-corrected chi connectivity index (χ3v) is 4.23. The second kappa shape index (κ2) is 8.17. The maximum Gasteiger partial charge on any atom is 0.255 e. The number of pyridine rings is 1. The first-order chi connectivity index (χ1) is 11.1. The zero-order valence-corrected chi connectivity index (χ0v) is 14.3. The van der Waals surface area contributed by atoms with Crippen molar-refractivity contribution in [2.24, 2.45) is 0 Å². The average molecular weight is 355 g/mol. The van der Waals surface area contributed by atoms with Gasteiger partial charge < -0.3 is 10.1 Å². The average Bonchev–Trinajstić information content (AvgIpc) is 2.53. The first kappa shape index (κ1) is 17.6. The van der Waals surface area contributed by atoms with Gasteiger partial charge in [0.1, 0.15) is 5.03 Å². The minimum atomic E-state index is -0.471. The molecule has 0 radical (unpaired) electrons. The Labute approximate surface area is 143 Å². The van der Waals surface area contributed by atoms with E-state index in [2.05, 4.69) is 10.3 Å². The molecule has 0 aliphatic rings. The van der Waals surface area contributed by atoms with Crippen LogP contribution in [0.2, 0.25) is 5.02 Å². The molecule has 1 aromatic heterocycles. The fourth-order valence-electron chi connectivity index (χ4n) is 1.96. The van der Waals surface area contributed by atoms with Crippen LogP contribution in [0.5, 0.6) is 5.75 Å². The Morgan fingerprint density at radius 3 is 2.87 bits per heavy atom. The van der Waals surface area contributed by atoms with Gasteiger partial charge in [-0.3, -0.25) is 4.79 Å². The molecule has 4 nitrogen and oxygen atoms in total. The van der Waals surface area contributed by atoms with Gasteiger partial charge in [0.05, 0.1) is 17.7 Å². The van der Waals surface area contributed by atoms with E-state index in [1.165, 1.54) is 31.0 Å². The third kappa shape index (κ3) is 4.36. The number of aromatic nitrogens is 1. The number of thioether (sulfide) groups is 1. The van der Waals surface area contributed by atoms with E-state index in [1.54, 1.807) is 18.3 Å². The van der Waals surface area contributed by atoms with E-state index in [0.717, 1.165) is 5.75 Å². The number of amides is 1. The standard InChI is InChI=1S/C16H16ClFN2O2S/c1-3-23-16-14(11(17)6-7-19-16)15(21)20-9-10-4-5-13(22-2)12(18)8-10/h4-8H,3,9H2,1-2H3,(H,20,21). The zero-order valence-electron chi connectivity index (χ0n) is 12.7. The van der Waals surface area contributed by atoms with Crippen molar-refractivity contribution in [2.75, 3.05) is 12.9 Å². The van der Waals surface area contributed by atoms with Gasteiger partial charge in [-0.05, 0) is 29.5 Å². The maximum absolute atomic E-state index is 13.7. The SMILES string of the molecule is CCSc1nccc(Cl)c1C(=O)NCc1ccc(OC)c(F)c1. The van der Waals surface area contributed by atoms with Gasteiger partial charge in [-0.25, -0.2) is 9.37 Å². The molecule has 0 bridgehead atoms. The molecular formula is C16H16ClFN2O2S. The van der Waals surface area contributed by atoms with Crippen LogP contribution in [0.1, 0.15) is 22.8 Å². The van der Waals surface area contributed by atoms with Gasteiger partial charge in [-0.15, -0.1) is 11.8 Å². The molecule has 0 saturated heterocycles. The predicted octanol–water partition coefficient (Wildman–Crippen LogP) is 3.92. The summed E-state index contributed by atoms with van der Waals surface area (Å²) >= 11 is 7.56. The lowest BCUT2D eigenvalue weighted by Crippen LogP contribution is -2.24. The number of rotatable bonds is 6. The Kier molecular flexibility index (Phi) is 6.24. The number of methoxy groups -OCH3 is 1. The summed E-state index contributed by atoms with van der Waals surface area (Å²) in [5.41, 5.74) is 0.969. The Bertz CT molecular complexity index is 712. The molecule has 1 amide bonds. The number of carbonyl (C=O) groups excluding carboxylic acids is 1. The number of nitrogens with zero attached hydrogens (tertiary/aromatic N) is 1. The molecule has 0 aliphatic heterocycles. The van der Waals surface area contributed by atoms with Crippen LogP contribution < -0.4 is 10.1 Å². The second-order valence-electron chi connectivity index (χ2n) is 4.56. The van der Waals surface area contributed by atoms with Crippen LogP contribution >= 0.6 is 23.4 Å². The zero-order chi connectivity index (χ0) is 16.8. The van der Waals surface area contributed by atoms with Crippen molar-refractivity contribution in [3.8, 4) is 5.75 Å². The van der Waals surface area contributed by atoms with Gasteiger partial charge in [0.15, 0.2) is 11.6 Å². The van der Waals surface area contributed by atoms with Crippen molar-refractivity contribution in [1.82, 2.24) is 10.3 Å². The smallest absolute Gasteiger partial charge is 0.255 e. The molecule has 7 heteroatoms. The predicted molar refractivity (Wildman–Crippen MR) is 89.8 cm³/mol. The molecular weight excluding hydrogens is 339 g/mol. The normalized spacial score (nSPS) is 10.4. The van der Waals surface area contributed by atoms with Crippen molar-refractivity contribution in [3.05, 3.63) is 52.4 Å². The maximum atomic E-state index is 13.7. The lowest BCUT2D eigenvalue weighted by molar-refractivity contribution is 0.0947. The summed E-state index contributed by atoms with van der Waals surface area (Å²) in [5, 5.41) is 3.66. The summed E-state index contributed by atoms with van der Waals surface area (Å²) in [4.78, 5) is 16.6. The topological polar surface area (TPSA) is 51.2 Å². The number of halogens is 2. The minimum absolute atomic E-state index is 0.164. The summed E-state index contributed by atoms with van der Waals surface area (Å²) < 4.78 is 18.5. The Morgan fingerprint density at radius 2 is 2.22 bits per heavy atom. The minimum Gasteiger partial charge on any atom is -0.494 e. The molecule has 1 N–H and O–H groups in total. The highest BCUT2D eigenvalue weighted by atomic mass is 35.5. The van der Waals surface area contributed by atoms with E-state index in [4.69, 9.17) is 16.3 Å². The molecule has 2 aromatic rings. The van der Waals surface area contributed by atoms with Crippen LogP contribution in [-0.4, -0.2) is 23.8 Å². The molecule has 0 atom stereocenters. The van der Waals surface area contributed by atoms with Crippen LogP contribution in [0.15, 0.2) is 35.5 Å². The van der Waals surface area contributed by atoms with Crippen molar-refractivity contribution >= 4 is 29.3 Å². The number of ether oxygens (including phenoxy) is 1. The van der Waals surface area contributed by atoms with Gasteiger partial charge in [0, 0.05) is 12.7 Å². The van der Waals surface area contributed by atoms with E-state index in [0.29, 0.717) is 21.2 Å². The fourth-order valence-corrected chi connectivity index (χ4v) is 3.01. The van der Waals surface area contributed by atoms with Crippen LogP contribution in [0.4, 0.5) is 4.39 Å². The van der Waals surface area contributed by atoms with E-state index < -0.39 is 5.82 Å². The molecule has 1 aromatic carbocycles. The van der Waals surface area contributed by atoms with E-state index >= 15 is 0 Å². The first-order valence-corrected chi connectivity index (χ1v) is 8.31. The number of carbonyl (C=O) groups is 1. The molecule has 0 aliphatic carbocycles. The van der Waals surface area contributed by atoms with E-state index in [-0.39, 0.29) is 18.2 Å². The van der Waals surface area contributed by atoms with E-state index in [1.807, 2.05) is 6.92 Å². The number of benzene rings is 1. The van der Waals surface area contributed by atoms with Crippen molar-refractivity contribution in [1.29, 1.82) is 0 Å². The summed E-state index contributed by atoms with van der Waals surface area (Å²) in [7, 11) is 1.40. The van der Waals surface area contributed by atoms with Crippen molar-refractivity contribution < 1.29 is 13.9 Å². The highest BCUT2D eigenvalue weighted by molar-refractivity contribution is 7.99. The second-order valence-corrected chi connectivity index (χ2v) is 6.22. The number of nitrogens with one attached hydrogen (secondary N) is 1. The van der Waals surface area contributed by atoms with Crippen LogP contribution in [0.25, 0.3) is 0 Å². The third-order valence-electron chi connectivity index (χ3n) is 3.04. The lowest BCUT2D eigenvalue weighted by Gasteiger charge is -2.11. The molecule has 0 fully saturated rings. The summed E-state index contributed by atoms with van der Waals surface area (Å²) in [6.07, 6.45) is 1.57. The molecule has 1 heterocycles. The van der Waals surface area contributed by atoms with Gasteiger partial charge in [-0.2, -0.15) is 0 Å². The van der Waals surface area contributed by atoms with Crippen LogP contribution in [0, 0.1) is 5.82 Å². The van der Waals surface area contributed by atoms with Crippen molar-refractivity contribution in [3.63, 3.8) is 0 Å². The van der Waals surface area contributed by atoms with Crippen LogP contribution in [-0.2, 0) is 6.54 Å². The van der Waals surface area contributed by atoms with Gasteiger partial charge in [0.2, 0.25) is 0 Å². The highest BCUT2D eigenvalue weighted by Crippen LogP contribution is 2.26. The quantitative estimate of drug-likeness (QED) is 0.799. The Balaban J connectivity index is 2.12. The number of hydrogen-bond donors (Lipinski definition) is 1. The summed E-state index contributed by atoms with van der Waals surface area (Å²) in [5.74, 6) is 0.130. The summed E-state index contributed by atoms with van der Waals surface area (Å²) in [6.45, 7) is 2.15. The van der Waals surface area contributed by atoms with Crippen molar-refractivity contribution in [2.45, 2.75) is 18.5 Å². The molecule has 23 heavy (non-hydrogen) atoms. The molecule has 2 rings (SSSR count). The van der Waals surface area contributed by atoms with Gasteiger partial charge >= 0.3 is 0 Å². The van der Waals surface area contributed by atoms with Gasteiger partial charge in [-0.1, -0.05) is 24.6 Å².